The number of rotatable bonds is 7. The number of nitrogens with zero attached hydrogens (tertiary/aromatic N) is 1. The molecule has 0 aromatic carbocycles. The van der Waals surface area contributed by atoms with Crippen molar-refractivity contribution >= 4 is 0 Å². The summed E-state index contributed by atoms with van der Waals surface area (Å²) in [7, 11) is 2.19. The summed E-state index contributed by atoms with van der Waals surface area (Å²) in [6.07, 6.45) is 4.40. The zero-order chi connectivity index (χ0) is 12.0. The molecule has 1 fully saturated rings. The minimum atomic E-state index is 0.344. The maximum Gasteiger partial charge on any atom is 0.0596 e. The summed E-state index contributed by atoms with van der Waals surface area (Å²) in [5, 5.41) is 0. The van der Waals surface area contributed by atoms with Gasteiger partial charge in [-0.05, 0) is 52.1 Å². The van der Waals surface area contributed by atoms with Gasteiger partial charge in [-0.2, -0.15) is 0 Å². The average molecular weight is 228 g/mol. The van der Waals surface area contributed by atoms with E-state index >= 15 is 0 Å². The van der Waals surface area contributed by atoms with E-state index in [-0.39, 0.29) is 0 Å². The van der Waals surface area contributed by atoms with Crippen molar-refractivity contribution in [3.05, 3.63) is 0 Å². The Morgan fingerprint density at radius 3 is 2.62 bits per heavy atom. The van der Waals surface area contributed by atoms with E-state index in [0.29, 0.717) is 6.10 Å². The Morgan fingerprint density at radius 1 is 1.31 bits per heavy atom. The quantitative estimate of drug-likeness (QED) is 0.721. The predicted octanol–water partition coefficient (Wildman–Crippen LogP) is 1.72. The SMILES string of the molecule is CC(C)OCCN(C)CC1CCCC1CN. The molecule has 1 saturated carbocycles. The first-order valence-electron chi connectivity index (χ1n) is 6.63. The maximum atomic E-state index is 5.80. The number of hydrogen-bond acceptors (Lipinski definition) is 3. The standard InChI is InChI=1S/C13H28N2O/c1-11(2)16-8-7-15(3)10-13-6-4-5-12(13)9-14/h11-13H,4-10,14H2,1-3H3. The third-order valence-corrected chi connectivity index (χ3v) is 3.59. The van der Waals surface area contributed by atoms with Crippen LogP contribution in [0.25, 0.3) is 0 Å². The Labute approximate surface area is 100 Å². The molecule has 0 aromatic heterocycles. The van der Waals surface area contributed by atoms with Crippen molar-refractivity contribution in [2.75, 3.05) is 33.3 Å². The van der Waals surface area contributed by atoms with Crippen LogP contribution < -0.4 is 5.73 Å². The van der Waals surface area contributed by atoms with Crippen LogP contribution in [-0.4, -0.2) is 44.3 Å². The summed E-state index contributed by atoms with van der Waals surface area (Å²) in [4.78, 5) is 2.39. The second kappa shape index (κ2) is 7.25. The molecular formula is C13H28N2O. The van der Waals surface area contributed by atoms with E-state index in [9.17, 15) is 0 Å². The molecule has 0 bridgehead atoms. The third-order valence-electron chi connectivity index (χ3n) is 3.59. The minimum absolute atomic E-state index is 0.344. The molecule has 1 aliphatic carbocycles. The van der Waals surface area contributed by atoms with Crippen LogP contribution in [0.15, 0.2) is 0 Å². The first kappa shape index (κ1) is 13.9. The van der Waals surface area contributed by atoms with Gasteiger partial charge in [0, 0.05) is 13.1 Å². The van der Waals surface area contributed by atoms with Crippen LogP contribution in [0.3, 0.4) is 0 Å². The van der Waals surface area contributed by atoms with Crippen LogP contribution in [-0.2, 0) is 4.74 Å². The van der Waals surface area contributed by atoms with E-state index in [1.807, 2.05) is 0 Å². The average Bonchev–Trinajstić information content (AvgIpc) is 2.64. The molecule has 0 radical (unpaired) electrons. The third kappa shape index (κ3) is 4.81. The molecule has 0 aliphatic heterocycles. The smallest absolute Gasteiger partial charge is 0.0596 e. The van der Waals surface area contributed by atoms with Gasteiger partial charge >= 0.3 is 0 Å². The highest BCUT2D eigenvalue weighted by atomic mass is 16.5. The lowest BCUT2D eigenvalue weighted by atomic mass is 9.96. The fraction of sp³-hybridized carbons (Fsp3) is 1.00. The predicted molar refractivity (Wildman–Crippen MR) is 68.5 cm³/mol. The van der Waals surface area contributed by atoms with E-state index in [4.69, 9.17) is 10.5 Å². The molecule has 96 valence electrons. The van der Waals surface area contributed by atoms with Crippen molar-refractivity contribution in [3.8, 4) is 0 Å². The zero-order valence-electron chi connectivity index (χ0n) is 11.1. The van der Waals surface area contributed by atoms with Crippen molar-refractivity contribution in [2.24, 2.45) is 17.6 Å². The Balaban J connectivity index is 2.15. The van der Waals surface area contributed by atoms with Crippen LogP contribution in [0.1, 0.15) is 33.1 Å². The van der Waals surface area contributed by atoms with Crippen molar-refractivity contribution in [2.45, 2.75) is 39.2 Å². The van der Waals surface area contributed by atoms with Crippen LogP contribution in [0.4, 0.5) is 0 Å². The van der Waals surface area contributed by atoms with Crippen molar-refractivity contribution in [1.82, 2.24) is 4.90 Å². The second-order valence-electron chi connectivity index (χ2n) is 5.37. The van der Waals surface area contributed by atoms with E-state index in [0.717, 1.165) is 31.5 Å². The first-order chi connectivity index (χ1) is 7.63. The number of nitrogens with two attached hydrogens (primary N) is 1. The normalized spacial score (nSPS) is 25.9. The maximum absolute atomic E-state index is 5.80. The molecule has 1 aliphatic rings. The molecule has 16 heavy (non-hydrogen) atoms. The molecule has 3 nitrogen and oxygen atoms in total. The van der Waals surface area contributed by atoms with E-state index < -0.39 is 0 Å². The fourth-order valence-electron chi connectivity index (χ4n) is 2.60. The van der Waals surface area contributed by atoms with Crippen LogP contribution in [0, 0.1) is 11.8 Å². The highest BCUT2D eigenvalue weighted by molar-refractivity contribution is 4.79. The Bertz CT molecular complexity index is 185. The van der Waals surface area contributed by atoms with Crippen LogP contribution >= 0.6 is 0 Å². The van der Waals surface area contributed by atoms with Gasteiger partial charge in [-0.3, -0.25) is 0 Å². The van der Waals surface area contributed by atoms with E-state index in [2.05, 4.69) is 25.8 Å². The number of ether oxygens (including phenoxy) is 1. The van der Waals surface area contributed by atoms with Crippen LogP contribution in [0.2, 0.25) is 0 Å². The molecule has 0 aromatic rings. The van der Waals surface area contributed by atoms with Gasteiger partial charge in [0.15, 0.2) is 0 Å². The van der Waals surface area contributed by atoms with Gasteiger partial charge in [0.25, 0.3) is 0 Å². The van der Waals surface area contributed by atoms with Gasteiger partial charge < -0.3 is 15.4 Å². The van der Waals surface area contributed by atoms with Gasteiger partial charge in [0.05, 0.1) is 12.7 Å². The molecule has 0 amide bonds. The summed E-state index contributed by atoms with van der Waals surface area (Å²) in [6, 6.07) is 0. The zero-order valence-corrected chi connectivity index (χ0v) is 11.1. The lowest BCUT2D eigenvalue weighted by molar-refractivity contribution is 0.0601. The summed E-state index contributed by atoms with van der Waals surface area (Å²) >= 11 is 0. The first-order valence-corrected chi connectivity index (χ1v) is 6.63. The van der Waals surface area contributed by atoms with E-state index in [1.54, 1.807) is 0 Å². The Morgan fingerprint density at radius 2 is 2.00 bits per heavy atom. The molecule has 2 atom stereocenters. The lowest BCUT2D eigenvalue weighted by Gasteiger charge is -2.25. The van der Waals surface area contributed by atoms with Gasteiger partial charge in [-0.15, -0.1) is 0 Å². The monoisotopic (exact) mass is 228 g/mol. The molecule has 0 saturated heterocycles. The van der Waals surface area contributed by atoms with Gasteiger partial charge in [-0.1, -0.05) is 6.42 Å². The summed E-state index contributed by atoms with van der Waals surface area (Å²) in [5.41, 5.74) is 5.80. The van der Waals surface area contributed by atoms with Crippen LogP contribution in [0.5, 0.6) is 0 Å². The van der Waals surface area contributed by atoms with Gasteiger partial charge in [0.2, 0.25) is 0 Å². The van der Waals surface area contributed by atoms with E-state index in [1.165, 1.54) is 25.8 Å². The van der Waals surface area contributed by atoms with Crippen molar-refractivity contribution in [3.63, 3.8) is 0 Å². The van der Waals surface area contributed by atoms with Crippen molar-refractivity contribution < 1.29 is 4.74 Å². The highest BCUT2D eigenvalue weighted by Gasteiger charge is 2.26. The largest absolute Gasteiger partial charge is 0.377 e. The Hall–Kier alpha value is -0.120. The molecule has 2 N–H and O–H groups in total. The summed E-state index contributed by atoms with van der Waals surface area (Å²) in [5.74, 6) is 1.57. The molecule has 0 spiro atoms. The molecule has 1 rings (SSSR count). The molecule has 0 heterocycles. The van der Waals surface area contributed by atoms with Gasteiger partial charge in [0.1, 0.15) is 0 Å². The number of likely N-dealkylation sites (N-methyl/N-ethyl adjacent to an activating group) is 1. The number of hydrogen-bond donors (Lipinski definition) is 1. The minimum Gasteiger partial charge on any atom is -0.377 e. The lowest BCUT2D eigenvalue weighted by Crippen LogP contribution is -2.32. The fourth-order valence-corrected chi connectivity index (χ4v) is 2.60. The molecular weight excluding hydrogens is 200 g/mol. The molecule has 2 unspecified atom stereocenters. The van der Waals surface area contributed by atoms with Crippen molar-refractivity contribution in [1.29, 1.82) is 0 Å². The Kier molecular flexibility index (Phi) is 6.32. The van der Waals surface area contributed by atoms with Gasteiger partial charge in [-0.25, -0.2) is 0 Å². The second-order valence-corrected chi connectivity index (χ2v) is 5.37. The highest BCUT2D eigenvalue weighted by Crippen LogP contribution is 2.31. The topological polar surface area (TPSA) is 38.5 Å². The molecule has 3 heteroatoms. The summed E-state index contributed by atoms with van der Waals surface area (Å²) < 4.78 is 5.56. The summed E-state index contributed by atoms with van der Waals surface area (Å²) in [6.45, 7) is 8.09.